The quantitative estimate of drug-likeness (QED) is 0.799. The molecular formula is C17H21N3O3. The van der Waals surface area contributed by atoms with Gasteiger partial charge in [-0.3, -0.25) is 14.8 Å². The standard InChI is InChI=1S/C17H21N3O3/c1-10-3-4-11(2)14(5-10)16-12(7-18-19-16)8-20-9-13(21)6-15(20)17(22)23/h3-5,7,13,15,21H,6,8-9H2,1-2H3,(H,18,19)(H,22,23)/t13-,15+/m1/s1. The summed E-state index contributed by atoms with van der Waals surface area (Å²) in [6, 6.07) is 5.58. The van der Waals surface area contributed by atoms with E-state index < -0.39 is 18.1 Å². The maximum absolute atomic E-state index is 11.4. The molecule has 0 spiro atoms. The number of benzene rings is 1. The number of aliphatic hydroxyl groups excluding tert-OH is 1. The molecule has 23 heavy (non-hydrogen) atoms. The Morgan fingerprint density at radius 3 is 2.96 bits per heavy atom. The molecule has 1 aromatic carbocycles. The molecule has 3 N–H and O–H groups in total. The molecule has 2 atom stereocenters. The fourth-order valence-electron chi connectivity index (χ4n) is 3.20. The number of nitrogens with zero attached hydrogens (tertiary/aromatic N) is 2. The molecule has 122 valence electrons. The monoisotopic (exact) mass is 315 g/mol. The van der Waals surface area contributed by atoms with Crippen LogP contribution in [0.2, 0.25) is 0 Å². The number of rotatable bonds is 4. The van der Waals surface area contributed by atoms with E-state index in [1.54, 1.807) is 11.1 Å². The third kappa shape index (κ3) is 3.13. The highest BCUT2D eigenvalue weighted by Crippen LogP contribution is 2.28. The molecule has 0 bridgehead atoms. The van der Waals surface area contributed by atoms with Gasteiger partial charge in [0.25, 0.3) is 0 Å². The Labute approximate surface area is 134 Å². The van der Waals surface area contributed by atoms with E-state index in [9.17, 15) is 15.0 Å². The molecule has 1 fully saturated rings. The van der Waals surface area contributed by atoms with E-state index in [1.807, 2.05) is 13.8 Å². The SMILES string of the molecule is Cc1ccc(C)c(-c2[nH]ncc2CN2C[C@H](O)C[C@H]2C(=O)O)c1. The number of aryl methyl sites for hydroxylation is 2. The molecule has 6 heteroatoms. The van der Waals surface area contributed by atoms with Crippen LogP contribution in [0, 0.1) is 13.8 Å². The van der Waals surface area contributed by atoms with E-state index in [0.29, 0.717) is 13.1 Å². The Hall–Kier alpha value is -2.18. The highest BCUT2D eigenvalue weighted by atomic mass is 16.4. The Morgan fingerprint density at radius 2 is 2.22 bits per heavy atom. The van der Waals surface area contributed by atoms with E-state index in [0.717, 1.165) is 27.9 Å². The van der Waals surface area contributed by atoms with Gasteiger partial charge in [0, 0.05) is 30.6 Å². The Morgan fingerprint density at radius 1 is 1.43 bits per heavy atom. The highest BCUT2D eigenvalue weighted by Gasteiger charge is 2.36. The normalized spacial score (nSPS) is 21.7. The summed E-state index contributed by atoms with van der Waals surface area (Å²) in [5, 5.41) is 26.3. The van der Waals surface area contributed by atoms with Gasteiger partial charge in [0.05, 0.1) is 18.0 Å². The molecule has 1 aliphatic heterocycles. The Kier molecular flexibility index (Phi) is 4.19. The number of aliphatic hydroxyl groups is 1. The molecule has 0 aliphatic carbocycles. The Bertz CT molecular complexity index is 726. The summed E-state index contributed by atoms with van der Waals surface area (Å²) in [6.07, 6.45) is 1.42. The first-order valence-corrected chi connectivity index (χ1v) is 7.70. The summed E-state index contributed by atoms with van der Waals surface area (Å²) in [5.74, 6) is -0.890. The maximum Gasteiger partial charge on any atom is 0.321 e. The number of aromatic nitrogens is 2. The molecule has 0 amide bonds. The molecule has 0 unspecified atom stereocenters. The summed E-state index contributed by atoms with van der Waals surface area (Å²) in [6.45, 7) is 4.90. The zero-order valence-corrected chi connectivity index (χ0v) is 13.3. The van der Waals surface area contributed by atoms with Gasteiger partial charge in [-0.05, 0) is 25.5 Å². The number of carbonyl (C=O) groups is 1. The van der Waals surface area contributed by atoms with Crippen LogP contribution in [-0.2, 0) is 11.3 Å². The lowest BCUT2D eigenvalue weighted by molar-refractivity contribution is -0.142. The molecule has 3 rings (SSSR count). The zero-order valence-electron chi connectivity index (χ0n) is 13.3. The number of H-pyrrole nitrogens is 1. The number of hydrogen-bond acceptors (Lipinski definition) is 4. The van der Waals surface area contributed by atoms with Crippen LogP contribution in [0.5, 0.6) is 0 Å². The van der Waals surface area contributed by atoms with Gasteiger partial charge >= 0.3 is 5.97 Å². The number of β-amino-alcohol motifs (C(OH)–C–C–N with tert-alkyl or cyclic N) is 1. The van der Waals surface area contributed by atoms with Crippen molar-refractivity contribution in [2.45, 2.75) is 39.0 Å². The molecule has 1 aromatic heterocycles. The highest BCUT2D eigenvalue weighted by molar-refractivity contribution is 5.74. The summed E-state index contributed by atoms with van der Waals surface area (Å²) in [5.41, 5.74) is 5.23. The van der Waals surface area contributed by atoms with Gasteiger partial charge in [0.2, 0.25) is 0 Å². The molecule has 2 heterocycles. The van der Waals surface area contributed by atoms with Gasteiger partial charge < -0.3 is 10.2 Å². The predicted octanol–water partition coefficient (Wildman–Crippen LogP) is 1.71. The first-order valence-electron chi connectivity index (χ1n) is 7.70. The van der Waals surface area contributed by atoms with Crippen LogP contribution >= 0.6 is 0 Å². The van der Waals surface area contributed by atoms with Crippen molar-refractivity contribution in [1.82, 2.24) is 15.1 Å². The second-order valence-electron chi connectivity index (χ2n) is 6.26. The number of aliphatic carboxylic acids is 1. The molecule has 2 aromatic rings. The predicted molar refractivity (Wildman–Crippen MR) is 86.0 cm³/mol. The van der Waals surface area contributed by atoms with Crippen LogP contribution in [-0.4, -0.2) is 50.0 Å². The summed E-state index contributed by atoms with van der Waals surface area (Å²) in [7, 11) is 0. The van der Waals surface area contributed by atoms with Crippen LogP contribution in [0.1, 0.15) is 23.1 Å². The second kappa shape index (κ2) is 6.14. The zero-order chi connectivity index (χ0) is 16.6. The lowest BCUT2D eigenvalue weighted by atomic mass is 10.00. The lowest BCUT2D eigenvalue weighted by Crippen LogP contribution is -2.35. The summed E-state index contributed by atoms with van der Waals surface area (Å²) < 4.78 is 0. The fraction of sp³-hybridized carbons (Fsp3) is 0.412. The summed E-state index contributed by atoms with van der Waals surface area (Å²) >= 11 is 0. The van der Waals surface area contributed by atoms with Crippen molar-refractivity contribution in [3.63, 3.8) is 0 Å². The van der Waals surface area contributed by atoms with Gasteiger partial charge in [-0.1, -0.05) is 17.7 Å². The van der Waals surface area contributed by atoms with Crippen molar-refractivity contribution in [2.24, 2.45) is 0 Å². The minimum absolute atomic E-state index is 0.270. The molecule has 0 radical (unpaired) electrons. The van der Waals surface area contributed by atoms with Crippen LogP contribution in [0.25, 0.3) is 11.3 Å². The van der Waals surface area contributed by atoms with Gasteiger partial charge in [0.15, 0.2) is 0 Å². The van der Waals surface area contributed by atoms with Crippen molar-refractivity contribution in [3.8, 4) is 11.3 Å². The first kappa shape index (κ1) is 15.7. The largest absolute Gasteiger partial charge is 0.480 e. The van der Waals surface area contributed by atoms with Crippen LogP contribution < -0.4 is 0 Å². The van der Waals surface area contributed by atoms with E-state index >= 15 is 0 Å². The summed E-state index contributed by atoms with van der Waals surface area (Å²) in [4.78, 5) is 13.2. The minimum atomic E-state index is -0.890. The third-order valence-electron chi connectivity index (χ3n) is 4.42. The van der Waals surface area contributed by atoms with Crippen molar-refractivity contribution in [1.29, 1.82) is 0 Å². The second-order valence-corrected chi connectivity index (χ2v) is 6.26. The molecular weight excluding hydrogens is 294 g/mol. The van der Waals surface area contributed by atoms with E-state index in [2.05, 4.69) is 28.4 Å². The van der Waals surface area contributed by atoms with E-state index in [4.69, 9.17) is 0 Å². The van der Waals surface area contributed by atoms with Gasteiger partial charge in [-0.2, -0.15) is 5.10 Å². The average molecular weight is 315 g/mol. The molecule has 6 nitrogen and oxygen atoms in total. The third-order valence-corrected chi connectivity index (χ3v) is 4.42. The van der Waals surface area contributed by atoms with Gasteiger partial charge in [-0.15, -0.1) is 0 Å². The number of carboxylic acid groups (broad SMARTS) is 1. The molecule has 1 saturated heterocycles. The van der Waals surface area contributed by atoms with Gasteiger partial charge in [-0.25, -0.2) is 0 Å². The van der Waals surface area contributed by atoms with E-state index in [1.165, 1.54) is 0 Å². The molecule has 1 aliphatic rings. The average Bonchev–Trinajstić information content (AvgIpc) is 3.09. The Balaban J connectivity index is 1.90. The van der Waals surface area contributed by atoms with Crippen molar-refractivity contribution >= 4 is 5.97 Å². The van der Waals surface area contributed by atoms with E-state index in [-0.39, 0.29) is 6.42 Å². The number of hydrogen-bond donors (Lipinski definition) is 3. The number of likely N-dealkylation sites (tertiary alicyclic amines) is 1. The van der Waals surface area contributed by atoms with Crippen molar-refractivity contribution in [3.05, 3.63) is 41.1 Å². The number of aromatic amines is 1. The number of carboxylic acids is 1. The number of nitrogens with one attached hydrogen (secondary N) is 1. The minimum Gasteiger partial charge on any atom is -0.480 e. The molecule has 0 saturated carbocycles. The maximum atomic E-state index is 11.4. The van der Waals surface area contributed by atoms with Crippen molar-refractivity contribution < 1.29 is 15.0 Å². The van der Waals surface area contributed by atoms with Crippen LogP contribution in [0.4, 0.5) is 0 Å². The lowest BCUT2D eigenvalue weighted by Gasteiger charge is -2.20. The van der Waals surface area contributed by atoms with Crippen LogP contribution in [0.3, 0.4) is 0 Å². The fourth-order valence-corrected chi connectivity index (χ4v) is 3.20. The smallest absolute Gasteiger partial charge is 0.321 e. The van der Waals surface area contributed by atoms with Crippen LogP contribution in [0.15, 0.2) is 24.4 Å². The topological polar surface area (TPSA) is 89.5 Å². The van der Waals surface area contributed by atoms with Gasteiger partial charge in [0.1, 0.15) is 6.04 Å². The van der Waals surface area contributed by atoms with Crippen molar-refractivity contribution in [2.75, 3.05) is 6.54 Å². The first-order chi connectivity index (χ1) is 11.0.